The molecule has 0 saturated heterocycles. The summed E-state index contributed by atoms with van der Waals surface area (Å²) in [6, 6.07) is 13.6. The minimum atomic E-state index is -0.358. The number of fused-ring (bicyclic) bond motifs is 1. The van der Waals surface area contributed by atoms with Gasteiger partial charge in [-0.3, -0.25) is 4.79 Å². The highest BCUT2D eigenvalue weighted by Crippen LogP contribution is 2.20. The average Bonchev–Trinajstić information content (AvgIpc) is 3.07. The van der Waals surface area contributed by atoms with Crippen LogP contribution in [-0.4, -0.2) is 36.1 Å². The molecule has 26 heavy (non-hydrogen) atoms. The molecule has 0 aliphatic carbocycles. The number of H-pyrrole nitrogens is 1. The quantitative estimate of drug-likeness (QED) is 0.505. The highest BCUT2D eigenvalue weighted by Gasteiger charge is 2.16. The summed E-state index contributed by atoms with van der Waals surface area (Å²) in [6.45, 7) is 1.04. The molecule has 0 atom stereocenters. The summed E-state index contributed by atoms with van der Waals surface area (Å²) in [6.07, 6.45) is 2.34. The normalized spacial score (nSPS) is 11.7. The van der Waals surface area contributed by atoms with E-state index in [9.17, 15) is 9.18 Å². The van der Waals surface area contributed by atoms with Crippen molar-refractivity contribution in [2.45, 2.75) is 6.42 Å². The Kier molecular flexibility index (Phi) is 5.76. The number of aromatic amines is 1. The Morgan fingerprint density at radius 2 is 2.12 bits per heavy atom. The predicted octanol–water partition coefficient (Wildman–Crippen LogP) is 3.40. The van der Waals surface area contributed by atoms with E-state index in [1.807, 2.05) is 24.3 Å². The van der Waals surface area contributed by atoms with Gasteiger partial charge in [-0.05, 0) is 42.3 Å². The number of carbonyl (C=O) groups excluding carboxylic acids is 1. The molecule has 0 bridgehead atoms. The number of imidazole rings is 1. The number of nitrogens with zero attached hydrogens (tertiary/aromatic N) is 1. The van der Waals surface area contributed by atoms with Gasteiger partial charge < -0.3 is 15.0 Å². The molecule has 3 rings (SSSR count). The molecule has 0 aliphatic heterocycles. The van der Waals surface area contributed by atoms with Crippen LogP contribution in [0.15, 0.2) is 48.5 Å². The van der Waals surface area contributed by atoms with Crippen LogP contribution in [0.25, 0.3) is 22.7 Å². The number of ether oxygens (including phenoxy) is 1. The fourth-order valence-corrected chi connectivity index (χ4v) is 2.60. The first-order valence-electron chi connectivity index (χ1n) is 8.37. The molecule has 0 fully saturated rings. The van der Waals surface area contributed by atoms with Gasteiger partial charge in [0.15, 0.2) is 0 Å². The summed E-state index contributed by atoms with van der Waals surface area (Å²) in [5.41, 5.74) is 2.54. The monoisotopic (exact) mass is 353 g/mol. The first kappa shape index (κ1) is 17.8. The molecule has 0 saturated carbocycles. The zero-order valence-electron chi connectivity index (χ0n) is 14.5. The maximum absolute atomic E-state index is 13.5. The van der Waals surface area contributed by atoms with E-state index in [-0.39, 0.29) is 11.7 Å². The molecule has 134 valence electrons. The molecule has 1 heterocycles. The van der Waals surface area contributed by atoms with Gasteiger partial charge in [0, 0.05) is 20.3 Å². The van der Waals surface area contributed by atoms with Gasteiger partial charge in [0.1, 0.15) is 11.6 Å². The lowest BCUT2D eigenvalue weighted by molar-refractivity contribution is -0.115. The largest absolute Gasteiger partial charge is 0.385 e. The number of hydrogen-bond donors (Lipinski definition) is 2. The Bertz CT molecular complexity index is 900. The second-order valence-electron chi connectivity index (χ2n) is 5.82. The van der Waals surface area contributed by atoms with Crippen LogP contribution in [0, 0.1) is 5.82 Å². The lowest BCUT2D eigenvalue weighted by atomic mass is 10.1. The summed E-state index contributed by atoms with van der Waals surface area (Å²) in [4.78, 5) is 20.3. The standard InChI is InChI=1S/C20H20FN3O2/c1-26-11-5-10-22-20(25)16(13-14-6-4-7-15(21)12-14)19-23-17-8-2-3-9-18(17)24-19/h2-4,6-9,12-13H,5,10-11H2,1H3,(H,22,25)(H,23,24)/b16-13+. The predicted molar refractivity (Wildman–Crippen MR) is 99.9 cm³/mol. The number of benzene rings is 2. The molecule has 0 unspecified atom stereocenters. The zero-order valence-corrected chi connectivity index (χ0v) is 14.5. The van der Waals surface area contributed by atoms with Crippen LogP contribution in [0.3, 0.4) is 0 Å². The van der Waals surface area contributed by atoms with Gasteiger partial charge in [-0.15, -0.1) is 0 Å². The first-order valence-corrected chi connectivity index (χ1v) is 8.37. The number of rotatable bonds is 7. The molecular weight excluding hydrogens is 333 g/mol. The molecule has 2 aromatic carbocycles. The molecule has 3 aromatic rings. The van der Waals surface area contributed by atoms with Crippen molar-refractivity contribution in [2.75, 3.05) is 20.3 Å². The Morgan fingerprint density at radius 1 is 1.27 bits per heavy atom. The third-order valence-corrected chi connectivity index (χ3v) is 3.86. The summed E-state index contributed by atoms with van der Waals surface area (Å²) in [5.74, 6) is -0.188. The van der Waals surface area contributed by atoms with Crippen molar-refractivity contribution in [3.05, 3.63) is 65.7 Å². The fraction of sp³-hybridized carbons (Fsp3) is 0.200. The van der Waals surface area contributed by atoms with Gasteiger partial charge >= 0.3 is 0 Å². The number of para-hydroxylation sites is 2. The maximum Gasteiger partial charge on any atom is 0.255 e. The molecule has 1 amide bonds. The summed E-state index contributed by atoms with van der Waals surface area (Å²) in [7, 11) is 1.62. The number of halogens is 1. The molecule has 0 spiro atoms. The van der Waals surface area contributed by atoms with Crippen LogP contribution in [-0.2, 0) is 9.53 Å². The van der Waals surface area contributed by atoms with Gasteiger partial charge in [-0.25, -0.2) is 9.37 Å². The topological polar surface area (TPSA) is 67.0 Å². The van der Waals surface area contributed by atoms with Gasteiger partial charge in [-0.2, -0.15) is 0 Å². The average molecular weight is 353 g/mol. The van der Waals surface area contributed by atoms with Crippen molar-refractivity contribution in [1.82, 2.24) is 15.3 Å². The summed E-state index contributed by atoms with van der Waals surface area (Å²) < 4.78 is 18.5. The van der Waals surface area contributed by atoms with E-state index in [1.165, 1.54) is 12.1 Å². The number of aromatic nitrogens is 2. The van der Waals surface area contributed by atoms with E-state index >= 15 is 0 Å². The zero-order chi connectivity index (χ0) is 18.4. The number of methoxy groups -OCH3 is 1. The number of amides is 1. The summed E-state index contributed by atoms with van der Waals surface area (Å²) in [5, 5.41) is 2.85. The Morgan fingerprint density at radius 3 is 2.88 bits per heavy atom. The molecular formula is C20H20FN3O2. The van der Waals surface area contributed by atoms with Gasteiger partial charge in [0.05, 0.1) is 16.6 Å². The lowest BCUT2D eigenvalue weighted by Gasteiger charge is -2.07. The van der Waals surface area contributed by atoms with E-state index < -0.39 is 0 Å². The van der Waals surface area contributed by atoms with Crippen molar-refractivity contribution in [2.24, 2.45) is 0 Å². The number of hydrogen-bond acceptors (Lipinski definition) is 3. The minimum Gasteiger partial charge on any atom is -0.385 e. The molecule has 0 aliphatic rings. The first-order chi connectivity index (χ1) is 12.7. The Labute approximate surface area is 150 Å². The van der Waals surface area contributed by atoms with Crippen LogP contribution < -0.4 is 5.32 Å². The highest BCUT2D eigenvalue weighted by atomic mass is 19.1. The van der Waals surface area contributed by atoms with Crippen molar-refractivity contribution in [3.63, 3.8) is 0 Å². The smallest absolute Gasteiger partial charge is 0.255 e. The highest BCUT2D eigenvalue weighted by molar-refractivity contribution is 6.23. The van der Waals surface area contributed by atoms with Gasteiger partial charge in [0.25, 0.3) is 5.91 Å². The van der Waals surface area contributed by atoms with Crippen molar-refractivity contribution < 1.29 is 13.9 Å². The molecule has 6 heteroatoms. The van der Waals surface area contributed by atoms with E-state index in [4.69, 9.17) is 4.74 Å². The maximum atomic E-state index is 13.5. The SMILES string of the molecule is COCCCNC(=O)/C(=C/c1cccc(F)c1)c1nc2ccccc2[nH]1. The minimum absolute atomic E-state index is 0.274. The molecule has 2 N–H and O–H groups in total. The van der Waals surface area contributed by atoms with Gasteiger partial charge in [-0.1, -0.05) is 24.3 Å². The third kappa shape index (κ3) is 4.34. The fourth-order valence-electron chi connectivity index (χ4n) is 2.60. The lowest BCUT2D eigenvalue weighted by Crippen LogP contribution is -2.26. The second-order valence-corrected chi connectivity index (χ2v) is 5.82. The summed E-state index contributed by atoms with van der Waals surface area (Å²) >= 11 is 0. The van der Waals surface area contributed by atoms with E-state index in [1.54, 1.807) is 25.3 Å². The molecule has 5 nitrogen and oxygen atoms in total. The van der Waals surface area contributed by atoms with Crippen LogP contribution in [0.1, 0.15) is 17.8 Å². The van der Waals surface area contributed by atoms with Crippen LogP contribution in [0.2, 0.25) is 0 Å². The van der Waals surface area contributed by atoms with Crippen molar-refractivity contribution >= 4 is 28.6 Å². The second kappa shape index (κ2) is 8.40. The Balaban J connectivity index is 1.94. The Hall–Kier alpha value is -2.99. The van der Waals surface area contributed by atoms with E-state index in [0.717, 1.165) is 11.0 Å². The third-order valence-electron chi connectivity index (χ3n) is 3.86. The van der Waals surface area contributed by atoms with E-state index in [2.05, 4.69) is 15.3 Å². The van der Waals surface area contributed by atoms with Crippen molar-refractivity contribution in [1.29, 1.82) is 0 Å². The number of carbonyl (C=O) groups is 1. The molecule has 0 radical (unpaired) electrons. The van der Waals surface area contributed by atoms with Crippen molar-refractivity contribution in [3.8, 4) is 0 Å². The number of nitrogens with one attached hydrogen (secondary N) is 2. The van der Waals surface area contributed by atoms with E-state index in [0.29, 0.717) is 36.5 Å². The van der Waals surface area contributed by atoms with Crippen LogP contribution in [0.4, 0.5) is 4.39 Å². The molecule has 1 aromatic heterocycles. The van der Waals surface area contributed by atoms with Crippen LogP contribution in [0.5, 0.6) is 0 Å². The van der Waals surface area contributed by atoms with Crippen LogP contribution >= 0.6 is 0 Å². The van der Waals surface area contributed by atoms with Gasteiger partial charge in [0.2, 0.25) is 0 Å².